The molecule has 38 heavy (non-hydrogen) atoms. The summed E-state index contributed by atoms with van der Waals surface area (Å²) in [6.07, 6.45) is 8.89. The maximum atomic E-state index is 14.5. The van der Waals surface area contributed by atoms with E-state index in [2.05, 4.69) is 35.5 Å². The van der Waals surface area contributed by atoms with Gasteiger partial charge in [-0.25, -0.2) is 9.37 Å². The number of nitrogens with one attached hydrogen (secondary N) is 3. The Morgan fingerprint density at radius 3 is 2.79 bits per heavy atom. The van der Waals surface area contributed by atoms with Gasteiger partial charge in [-0.3, -0.25) is 24.8 Å². The zero-order chi connectivity index (χ0) is 26.1. The molecule has 1 amide bonds. The van der Waals surface area contributed by atoms with Crippen molar-refractivity contribution < 1.29 is 9.18 Å². The van der Waals surface area contributed by atoms with Crippen LogP contribution in [0.5, 0.6) is 0 Å². The van der Waals surface area contributed by atoms with Gasteiger partial charge in [-0.2, -0.15) is 5.10 Å². The molecule has 5 heterocycles. The number of rotatable bonds is 7. The van der Waals surface area contributed by atoms with Crippen LogP contribution in [0, 0.1) is 5.82 Å². The number of H-pyrrole nitrogens is 2. The third kappa shape index (κ3) is 4.36. The molecule has 0 aliphatic carbocycles. The smallest absolute Gasteiger partial charge is 0.224 e. The number of pyridine rings is 3. The summed E-state index contributed by atoms with van der Waals surface area (Å²) in [5.74, 6) is 0.111. The lowest BCUT2D eigenvalue weighted by atomic mass is 10.1. The Labute approximate surface area is 216 Å². The van der Waals surface area contributed by atoms with Crippen molar-refractivity contribution in [3.8, 4) is 34.0 Å². The number of nitrogens with zero attached hydrogens (tertiary/aromatic N) is 5. The quantitative estimate of drug-likeness (QED) is 0.248. The van der Waals surface area contributed by atoms with E-state index < -0.39 is 0 Å². The normalized spacial score (nSPS) is 11.3. The summed E-state index contributed by atoms with van der Waals surface area (Å²) >= 11 is 0. The predicted octanol–water partition coefficient (Wildman–Crippen LogP) is 5.89. The first-order valence-corrected chi connectivity index (χ1v) is 12.3. The maximum absolute atomic E-state index is 14.5. The van der Waals surface area contributed by atoms with E-state index >= 15 is 0 Å². The number of aromatic amines is 2. The van der Waals surface area contributed by atoms with Gasteiger partial charge in [-0.15, -0.1) is 0 Å². The largest absolute Gasteiger partial charge is 0.336 e. The number of anilines is 1. The van der Waals surface area contributed by atoms with E-state index in [1.807, 2.05) is 19.1 Å². The average molecular weight is 507 g/mol. The third-order valence-corrected chi connectivity index (χ3v) is 6.28. The van der Waals surface area contributed by atoms with Gasteiger partial charge in [0.1, 0.15) is 22.7 Å². The Morgan fingerprint density at radius 2 is 1.92 bits per heavy atom. The van der Waals surface area contributed by atoms with Gasteiger partial charge in [-0.05, 0) is 36.8 Å². The van der Waals surface area contributed by atoms with E-state index in [4.69, 9.17) is 4.98 Å². The van der Waals surface area contributed by atoms with Gasteiger partial charge in [0.25, 0.3) is 0 Å². The summed E-state index contributed by atoms with van der Waals surface area (Å²) in [4.78, 5) is 33.4. The van der Waals surface area contributed by atoms with Crippen molar-refractivity contribution in [3.05, 3.63) is 73.1 Å². The number of imidazole rings is 1. The molecule has 0 aliphatic heterocycles. The van der Waals surface area contributed by atoms with Crippen molar-refractivity contribution in [2.75, 3.05) is 5.32 Å². The van der Waals surface area contributed by atoms with Crippen LogP contribution in [0.15, 0.2) is 67.3 Å². The first kappa shape index (κ1) is 23.4. The van der Waals surface area contributed by atoms with Crippen molar-refractivity contribution in [1.29, 1.82) is 0 Å². The fraction of sp³-hybridized carbons (Fsp3) is 0.143. The van der Waals surface area contributed by atoms with E-state index in [0.717, 1.165) is 34.8 Å². The van der Waals surface area contributed by atoms with Gasteiger partial charge in [0.2, 0.25) is 5.91 Å². The molecule has 0 unspecified atom stereocenters. The van der Waals surface area contributed by atoms with Crippen LogP contribution in [0.3, 0.4) is 0 Å². The molecule has 0 aliphatic rings. The zero-order valence-electron chi connectivity index (χ0n) is 20.5. The molecule has 5 aromatic heterocycles. The average Bonchev–Trinajstić information content (AvgIpc) is 3.56. The van der Waals surface area contributed by atoms with Crippen LogP contribution in [0.1, 0.15) is 26.2 Å². The summed E-state index contributed by atoms with van der Waals surface area (Å²) in [5.41, 5.74) is 5.46. The number of benzene rings is 1. The van der Waals surface area contributed by atoms with Crippen molar-refractivity contribution in [3.63, 3.8) is 0 Å². The Morgan fingerprint density at radius 1 is 1.03 bits per heavy atom. The zero-order valence-corrected chi connectivity index (χ0v) is 20.5. The highest BCUT2D eigenvalue weighted by Crippen LogP contribution is 2.32. The lowest BCUT2D eigenvalue weighted by Gasteiger charge is -2.07. The standard InChI is InChI=1S/C28H23FN8O/c1-2-3-8-24(38)33-17-11-16(13-30-14-17)22-12-19-23(15-32-22)36-37-26(19)28-34-21-9-10-31-25(27(21)35-28)18-6-4-5-7-20(18)29/h4-7,9-15H,2-3,8H2,1H3,(H,33,38)(H,34,35)(H,36,37). The van der Waals surface area contributed by atoms with Gasteiger partial charge < -0.3 is 10.3 Å². The summed E-state index contributed by atoms with van der Waals surface area (Å²) in [7, 11) is 0. The monoisotopic (exact) mass is 506 g/mol. The number of fused-ring (bicyclic) bond motifs is 2. The van der Waals surface area contributed by atoms with Gasteiger partial charge in [0.15, 0.2) is 5.82 Å². The van der Waals surface area contributed by atoms with Crippen LogP contribution >= 0.6 is 0 Å². The molecular weight excluding hydrogens is 483 g/mol. The SMILES string of the molecule is CCCCC(=O)Nc1cncc(-c2cc3c(-c4nc5c(-c6ccccc6F)nccc5[nH]4)n[nH]c3cn2)c1. The van der Waals surface area contributed by atoms with Crippen LogP contribution in [-0.2, 0) is 4.79 Å². The number of carbonyl (C=O) groups excluding carboxylic acids is 1. The van der Waals surface area contributed by atoms with E-state index in [-0.39, 0.29) is 11.7 Å². The second-order valence-electron chi connectivity index (χ2n) is 8.92. The number of amides is 1. The second kappa shape index (κ2) is 9.81. The third-order valence-electron chi connectivity index (χ3n) is 6.28. The molecule has 0 saturated carbocycles. The van der Waals surface area contributed by atoms with E-state index in [1.54, 1.807) is 49.1 Å². The lowest BCUT2D eigenvalue weighted by Crippen LogP contribution is -2.11. The molecule has 188 valence electrons. The number of aromatic nitrogens is 7. The Kier molecular flexibility index (Phi) is 6.04. The molecule has 0 fully saturated rings. The molecule has 3 N–H and O–H groups in total. The maximum Gasteiger partial charge on any atom is 0.224 e. The van der Waals surface area contributed by atoms with Crippen molar-refractivity contribution in [2.24, 2.45) is 0 Å². The van der Waals surface area contributed by atoms with Crippen molar-refractivity contribution in [1.82, 2.24) is 35.1 Å². The number of carbonyl (C=O) groups is 1. The van der Waals surface area contributed by atoms with Gasteiger partial charge in [0.05, 0.1) is 34.8 Å². The summed E-state index contributed by atoms with van der Waals surface area (Å²) in [5, 5.41) is 11.2. The molecule has 10 heteroatoms. The second-order valence-corrected chi connectivity index (χ2v) is 8.92. The highest BCUT2D eigenvalue weighted by Gasteiger charge is 2.18. The molecule has 9 nitrogen and oxygen atoms in total. The molecule has 0 spiro atoms. The summed E-state index contributed by atoms with van der Waals surface area (Å²) < 4.78 is 14.5. The molecule has 0 radical (unpaired) electrons. The highest BCUT2D eigenvalue weighted by molar-refractivity contribution is 5.97. The van der Waals surface area contributed by atoms with Crippen LogP contribution < -0.4 is 5.32 Å². The minimum Gasteiger partial charge on any atom is -0.336 e. The van der Waals surface area contributed by atoms with Gasteiger partial charge in [0, 0.05) is 35.3 Å². The summed E-state index contributed by atoms with van der Waals surface area (Å²) in [6, 6.07) is 12.0. The molecular formula is C28H23FN8O. The fourth-order valence-electron chi connectivity index (χ4n) is 4.36. The Balaban J connectivity index is 1.38. The lowest BCUT2D eigenvalue weighted by molar-refractivity contribution is -0.116. The first-order chi connectivity index (χ1) is 18.6. The van der Waals surface area contributed by atoms with Crippen LogP contribution in [0.2, 0.25) is 0 Å². The molecule has 1 aromatic carbocycles. The van der Waals surface area contributed by atoms with Crippen molar-refractivity contribution >= 4 is 33.5 Å². The first-order valence-electron chi connectivity index (χ1n) is 12.3. The Hall–Kier alpha value is -4.99. The molecule has 6 aromatic rings. The number of halogens is 1. The molecule has 6 rings (SSSR count). The summed E-state index contributed by atoms with van der Waals surface area (Å²) in [6.45, 7) is 2.05. The van der Waals surface area contributed by atoms with E-state index in [9.17, 15) is 9.18 Å². The molecule has 0 bridgehead atoms. The number of unbranched alkanes of at least 4 members (excludes halogenated alkanes) is 1. The fourth-order valence-corrected chi connectivity index (χ4v) is 4.36. The van der Waals surface area contributed by atoms with Crippen LogP contribution in [0.25, 0.3) is 56.0 Å². The molecule has 0 saturated heterocycles. The van der Waals surface area contributed by atoms with E-state index in [1.165, 1.54) is 6.07 Å². The number of hydrogen-bond donors (Lipinski definition) is 3. The topological polar surface area (TPSA) is 125 Å². The van der Waals surface area contributed by atoms with Crippen LogP contribution in [0.4, 0.5) is 10.1 Å². The van der Waals surface area contributed by atoms with Crippen LogP contribution in [-0.4, -0.2) is 41.0 Å². The van der Waals surface area contributed by atoms with E-state index in [0.29, 0.717) is 46.1 Å². The predicted molar refractivity (Wildman–Crippen MR) is 144 cm³/mol. The van der Waals surface area contributed by atoms with Gasteiger partial charge in [-0.1, -0.05) is 25.5 Å². The minimum atomic E-state index is -0.365. The van der Waals surface area contributed by atoms with Gasteiger partial charge >= 0.3 is 0 Å². The molecule has 0 atom stereocenters. The Bertz CT molecular complexity index is 1790. The minimum absolute atomic E-state index is 0.0412. The number of hydrogen-bond acceptors (Lipinski definition) is 6. The highest BCUT2D eigenvalue weighted by atomic mass is 19.1. The van der Waals surface area contributed by atoms with Crippen molar-refractivity contribution in [2.45, 2.75) is 26.2 Å².